The summed E-state index contributed by atoms with van der Waals surface area (Å²) in [5.74, 6) is 0. The Morgan fingerprint density at radius 3 is 1.38 bits per heavy atom. The molecule has 0 saturated heterocycles. The van der Waals surface area contributed by atoms with E-state index in [-0.39, 0.29) is 0 Å². The first-order chi connectivity index (χ1) is 11.9. The maximum absolute atomic E-state index is 4.51. The van der Waals surface area contributed by atoms with Crippen molar-refractivity contribution in [3.05, 3.63) is 126 Å². The molecular weight excluding hydrogens is 292 g/mol. The van der Waals surface area contributed by atoms with Crippen molar-refractivity contribution in [2.45, 2.75) is 5.54 Å². The molecule has 3 aromatic carbocycles. The van der Waals surface area contributed by atoms with E-state index in [2.05, 4.69) is 84.1 Å². The zero-order chi connectivity index (χ0) is 16.2. The average molecular weight is 309 g/mol. The third-order valence-corrected chi connectivity index (χ3v) is 4.37. The largest absolute Gasteiger partial charge is 0.252 e. The Kier molecular flexibility index (Phi) is 3.72. The molecule has 0 fully saturated rings. The predicted octanol–water partition coefficient (Wildman–Crippen LogP) is 4.52. The van der Waals surface area contributed by atoms with E-state index in [0.717, 1.165) is 0 Å². The van der Waals surface area contributed by atoms with Crippen LogP contribution in [-0.2, 0) is 5.54 Å². The van der Waals surface area contributed by atoms with Gasteiger partial charge >= 0.3 is 0 Å². The molecule has 0 aliphatic heterocycles. The van der Waals surface area contributed by atoms with Crippen molar-refractivity contribution in [3.63, 3.8) is 0 Å². The molecule has 0 unspecified atom stereocenters. The first kappa shape index (κ1) is 14.5. The van der Waals surface area contributed by atoms with Gasteiger partial charge in [-0.05, 0) is 22.8 Å². The van der Waals surface area contributed by atoms with Gasteiger partial charge in [-0.2, -0.15) is 5.10 Å². The zero-order valence-corrected chi connectivity index (χ0v) is 13.2. The molecule has 0 bridgehead atoms. The summed E-state index contributed by atoms with van der Waals surface area (Å²) in [5, 5.41) is 4.51. The van der Waals surface area contributed by atoms with E-state index >= 15 is 0 Å². The van der Waals surface area contributed by atoms with E-state index in [0.29, 0.717) is 0 Å². The summed E-state index contributed by atoms with van der Waals surface area (Å²) in [6, 6.07) is 33.3. The standard InChI is InChI=1S/C22H17N2/c1-4-11-19(12-5-1)22(24-18-10-17-23-24,20-13-6-2-7-14-20)21-15-8-3-9-16-21/h1-16,18H. The molecule has 4 aromatic rings. The smallest absolute Gasteiger partial charge is 0.138 e. The second-order valence-corrected chi connectivity index (χ2v) is 5.70. The minimum atomic E-state index is -0.524. The van der Waals surface area contributed by atoms with E-state index in [1.165, 1.54) is 16.7 Å². The first-order valence-electron chi connectivity index (χ1n) is 8.01. The lowest BCUT2D eigenvalue weighted by Gasteiger charge is -2.36. The topological polar surface area (TPSA) is 17.8 Å². The third kappa shape index (κ3) is 2.24. The van der Waals surface area contributed by atoms with Crippen molar-refractivity contribution >= 4 is 0 Å². The van der Waals surface area contributed by atoms with Gasteiger partial charge in [-0.3, -0.25) is 4.68 Å². The number of hydrogen-bond acceptors (Lipinski definition) is 1. The Labute approximate surface area is 142 Å². The van der Waals surface area contributed by atoms with Gasteiger partial charge in [0, 0.05) is 6.20 Å². The summed E-state index contributed by atoms with van der Waals surface area (Å²) in [7, 11) is 0. The highest BCUT2D eigenvalue weighted by Gasteiger charge is 2.38. The van der Waals surface area contributed by atoms with Crippen LogP contribution in [0, 0.1) is 6.20 Å². The van der Waals surface area contributed by atoms with Gasteiger partial charge in [0.15, 0.2) is 0 Å². The zero-order valence-electron chi connectivity index (χ0n) is 13.2. The highest BCUT2D eigenvalue weighted by Crippen LogP contribution is 2.39. The number of benzene rings is 3. The Morgan fingerprint density at radius 1 is 0.625 bits per heavy atom. The van der Waals surface area contributed by atoms with Crippen molar-refractivity contribution in [2.24, 2.45) is 0 Å². The number of nitrogens with zero attached hydrogens (tertiary/aromatic N) is 2. The fraction of sp³-hybridized carbons (Fsp3) is 0.0455. The molecule has 0 aliphatic rings. The maximum atomic E-state index is 4.51. The van der Waals surface area contributed by atoms with Crippen LogP contribution in [0.1, 0.15) is 16.7 Å². The lowest BCUT2D eigenvalue weighted by Crippen LogP contribution is -2.38. The van der Waals surface area contributed by atoms with Crippen LogP contribution < -0.4 is 0 Å². The fourth-order valence-electron chi connectivity index (χ4n) is 3.35. The lowest BCUT2D eigenvalue weighted by atomic mass is 9.77. The molecule has 24 heavy (non-hydrogen) atoms. The number of hydrogen-bond donors (Lipinski definition) is 0. The minimum Gasteiger partial charge on any atom is -0.252 e. The van der Waals surface area contributed by atoms with Crippen molar-refractivity contribution in [1.82, 2.24) is 9.78 Å². The quantitative estimate of drug-likeness (QED) is 0.507. The summed E-state index contributed by atoms with van der Waals surface area (Å²) in [6.45, 7) is 0. The molecule has 0 N–H and O–H groups in total. The van der Waals surface area contributed by atoms with E-state index in [1.807, 2.05) is 35.1 Å². The van der Waals surface area contributed by atoms with Gasteiger partial charge in [-0.1, -0.05) is 91.0 Å². The second-order valence-electron chi connectivity index (χ2n) is 5.70. The van der Waals surface area contributed by atoms with Gasteiger partial charge in [-0.25, -0.2) is 0 Å². The van der Waals surface area contributed by atoms with Gasteiger partial charge in [0.2, 0.25) is 0 Å². The second kappa shape index (κ2) is 6.17. The maximum Gasteiger partial charge on any atom is 0.138 e. The predicted molar refractivity (Wildman–Crippen MR) is 95.7 cm³/mol. The molecular formula is C22H17N2. The SMILES string of the molecule is [c]1ccn(C(c2ccccc2)(c2ccccc2)c2ccccc2)n1. The normalized spacial score (nSPS) is 11.3. The summed E-state index contributed by atoms with van der Waals surface area (Å²) < 4.78 is 1.99. The Morgan fingerprint density at radius 2 is 1.04 bits per heavy atom. The number of rotatable bonds is 4. The van der Waals surface area contributed by atoms with Crippen molar-refractivity contribution in [3.8, 4) is 0 Å². The molecule has 115 valence electrons. The van der Waals surface area contributed by atoms with Crippen molar-refractivity contribution < 1.29 is 0 Å². The Bertz CT molecular complexity index is 786. The van der Waals surface area contributed by atoms with E-state index in [4.69, 9.17) is 0 Å². The van der Waals surface area contributed by atoms with Crippen LogP contribution in [0.4, 0.5) is 0 Å². The molecule has 0 amide bonds. The molecule has 0 spiro atoms. The van der Waals surface area contributed by atoms with Gasteiger partial charge in [0.05, 0.1) is 0 Å². The fourth-order valence-corrected chi connectivity index (χ4v) is 3.35. The summed E-state index contributed by atoms with van der Waals surface area (Å²) in [5.41, 5.74) is 2.97. The van der Waals surface area contributed by atoms with Crippen LogP contribution in [0.5, 0.6) is 0 Å². The molecule has 1 aromatic heterocycles. The van der Waals surface area contributed by atoms with Crippen LogP contribution in [0.15, 0.2) is 103 Å². The lowest BCUT2D eigenvalue weighted by molar-refractivity contribution is 0.459. The molecule has 1 heterocycles. The van der Waals surface area contributed by atoms with Crippen molar-refractivity contribution in [2.75, 3.05) is 0 Å². The molecule has 0 saturated carbocycles. The monoisotopic (exact) mass is 309 g/mol. The molecule has 1 radical (unpaired) electrons. The Balaban J connectivity index is 2.12. The van der Waals surface area contributed by atoms with E-state index in [1.54, 1.807) is 0 Å². The summed E-state index contributed by atoms with van der Waals surface area (Å²) in [4.78, 5) is 0. The minimum absolute atomic E-state index is 0.524. The highest BCUT2D eigenvalue weighted by atomic mass is 15.3. The van der Waals surface area contributed by atoms with Crippen molar-refractivity contribution in [1.29, 1.82) is 0 Å². The average Bonchev–Trinajstić information content (AvgIpc) is 3.20. The highest BCUT2D eigenvalue weighted by molar-refractivity contribution is 5.50. The summed E-state index contributed by atoms with van der Waals surface area (Å²) >= 11 is 0. The Hall–Kier alpha value is -3.13. The van der Waals surface area contributed by atoms with Crippen LogP contribution in [0.3, 0.4) is 0 Å². The van der Waals surface area contributed by atoms with Crippen LogP contribution in [0.25, 0.3) is 0 Å². The number of aromatic nitrogens is 2. The summed E-state index contributed by atoms with van der Waals surface area (Å²) in [6.07, 6.45) is 4.94. The van der Waals surface area contributed by atoms with Gasteiger partial charge < -0.3 is 0 Å². The van der Waals surface area contributed by atoms with E-state index in [9.17, 15) is 0 Å². The first-order valence-corrected chi connectivity index (χ1v) is 8.01. The third-order valence-electron chi connectivity index (χ3n) is 4.37. The molecule has 0 aliphatic carbocycles. The molecule has 0 atom stereocenters. The van der Waals surface area contributed by atoms with Crippen LogP contribution >= 0.6 is 0 Å². The van der Waals surface area contributed by atoms with Crippen LogP contribution in [-0.4, -0.2) is 9.78 Å². The molecule has 2 heteroatoms. The van der Waals surface area contributed by atoms with Gasteiger partial charge in [-0.15, -0.1) is 0 Å². The van der Waals surface area contributed by atoms with Gasteiger partial charge in [0.25, 0.3) is 0 Å². The van der Waals surface area contributed by atoms with E-state index < -0.39 is 5.54 Å². The van der Waals surface area contributed by atoms with Crippen LogP contribution in [0.2, 0.25) is 0 Å². The molecule has 4 rings (SSSR count). The van der Waals surface area contributed by atoms with Gasteiger partial charge in [0.1, 0.15) is 11.7 Å². The molecule has 2 nitrogen and oxygen atoms in total.